The van der Waals surface area contributed by atoms with Gasteiger partial charge in [-0.2, -0.15) is 0 Å². The molecule has 0 saturated carbocycles. The van der Waals surface area contributed by atoms with E-state index in [1.54, 1.807) is 9.76 Å². The van der Waals surface area contributed by atoms with E-state index in [-0.39, 0.29) is 8.55 Å². The maximum absolute atomic E-state index is 6.05. The Kier molecular flexibility index (Phi) is 24.0. The third-order valence-electron chi connectivity index (χ3n) is 4.06. The molecule has 0 heterocycles. The number of halogens is 3. The van der Waals surface area contributed by atoms with Gasteiger partial charge >= 0.3 is 5.52 Å². The summed E-state index contributed by atoms with van der Waals surface area (Å²) in [7, 11) is 13.4. The van der Waals surface area contributed by atoms with Crippen molar-refractivity contribution in [2.45, 2.75) is 0 Å². The summed E-state index contributed by atoms with van der Waals surface area (Å²) < 4.78 is 0. The molecule has 0 aromatic carbocycles. The molecule has 0 nitrogen and oxygen atoms in total. The summed E-state index contributed by atoms with van der Waals surface area (Å²) >= 11 is 18.2. The Balaban J connectivity index is 3.00. The lowest BCUT2D eigenvalue weighted by Gasteiger charge is -2.04. The lowest BCUT2D eigenvalue weighted by atomic mass is 26.1. The van der Waals surface area contributed by atoms with Gasteiger partial charge in [0, 0.05) is 0 Å². The molecule has 0 N–H and O–H groups in total. The zero-order valence-corrected chi connectivity index (χ0v) is 41.8. The normalized spacial score (nSPS) is 21.3. The first kappa shape index (κ1) is 25.8. The number of hydrogen-bond donors (Lipinski definition) is 0. The van der Waals surface area contributed by atoms with Crippen molar-refractivity contribution >= 4 is 185 Å². The van der Waals surface area contributed by atoms with Crippen LogP contribution in [0.2, 0.25) is 0 Å². The lowest BCUT2D eigenvalue weighted by molar-refractivity contribution is 3.66. The molecule has 0 spiro atoms. The van der Waals surface area contributed by atoms with Crippen LogP contribution in [0.1, 0.15) is 0 Å². The highest BCUT2D eigenvalue weighted by Gasteiger charge is 2.23. The van der Waals surface area contributed by atoms with E-state index in [0.29, 0.717) is 25.7 Å². The minimum Gasteiger partial charge on any atom is -0.131 e. The van der Waals surface area contributed by atoms with Crippen molar-refractivity contribution < 1.29 is 0 Å². The summed E-state index contributed by atoms with van der Waals surface area (Å²) in [5, 5.41) is 0. The SMILES string of the molecule is [SiH3][SiH2][SiH2][SiH2][SiH2][SiH2][SiH2][SiH2][SiH2][SiH2][SiH2][SiH2][SiH2][SiH2][SiH2][SiH2][SiH2][Si](Cl)(Cl)Cl. The minimum atomic E-state index is -2.02. The zero-order valence-electron chi connectivity index (χ0n) is 13.9. The highest BCUT2D eigenvalue weighted by atomic mass is 35.8. The predicted octanol–water partition coefficient (Wildman–Crippen LogP) is -14.2. The Morgan fingerprint density at radius 1 is 0.476 bits per heavy atom. The van der Waals surface area contributed by atoms with Crippen LogP contribution in [0, 0.1) is 0 Å². The van der Waals surface area contributed by atoms with Gasteiger partial charge in [-0.3, -0.25) is 0 Å². The molecular formula is H35Cl3Si18. The van der Waals surface area contributed by atoms with Gasteiger partial charge < -0.3 is 0 Å². The van der Waals surface area contributed by atoms with E-state index in [9.17, 15) is 0 Å². The summed E-state index contributed by atoms with van der Waals surface area (Å²) in [5.41, 5.74) is -2.02. The molecule has 0 aromatic rings. The Hall–Kier alpha value is 4.77. The summed E-state index contributed by atoms with van der Waals surface area (Å²) in [4.78, 5) is 0. The fourth-order valence-corrected chi connectivity index (χ4v) is 655. The molecule has 0 saturated heterocycles. The molecule has 0 radical (unpaired) electrons. The third-order valence-corrected chi connectivity index (χ3v) is 329. The molecule has 0 aromatic heterocycles. The summed E-state index contributed by atoms with van der Waals surface area (Å²) in [5.74, 6) is 0. The van der Waals surface area contributed by atoms with Crippen molar-refractivity contribution in [2.75, 3.05) is 0 Å². The highest BCUT2D eigenvalue weighted by molar-refractivity contribution is 7.91. The Morgan fingerprint density at radius 3 is 1.05 bits per heavy atom. The van der Waals surface area contributed by atoms with Gasteiger partial charge in [0.25, 0.3) is 0 Å². The fourth-order valence-electron chi connectivity index (χ4n) is 2.70. The molecule has 21 heavy (non-hydrogen) atoms. The second-order valence-electron chi connectivity index (χ2n) is 6.31. The summed E-state index contributed by atoms with van der Waals surface area (Å²) in [6.45, 7) is 0. The van der Waals surface area contributed by atoms with Crippen LogP contribution in [0.3, 0.4) is 0 Å². The molecule has 0 bridgehead atoms. The van der Waals surface area contributed by atoms with E-state index in [1.165, 1.54) is 0 Å². The van der Waals surface area contributed by atoms with Crippen LogP contribution in [-0.2, 0) is 0 Å². The standard InChI is InChI=1S/Cl3H35Si18/c1-21(2,3)20-19-18-17-16-15-14-13-12-11-10-9-8-7-6-5-4/h5-20H2,4H3. The average molecular weight is 647 g/mol. The molecule has 0 fully saturated rings. The van der Waals surface area contributed by atoms with Gasteiger partial charge in [0.1, 0.15) is 0 Å². The first-order valence-electron chi connectivity index (χ1n) is 9.13. The van der Waals surface area contributed by atoms with Crippen LogP contribution in [0.5, 0.6) is 0 Å². The fraction of sp³-hybridized carbons (Fsp3) is 0. The predicted molar refractivity (Wildman–Crippen MR) is 170 cm³/mol. The highest BCUT2D eigenvalue weighted by Crippen LogP contribution is 2.16. The van der Waals surface area contributed by atoms with E-state index in [0.717, 1.165) is 103 Å². The molecule has 21 heteroatoms. The van der Waals surface area contributed by atoms with Gasteiger partial charge in [0.05, 0.1) is 8.55 Å². The smallest absolute Gasteiger partial charge is 0.131 e. The van der Waals surface area contributed by atoms with E-state index in [2.05, 4.69) is 0 Å². The average Bonchev–Trinajstić information content (AvgIpc) is 2.42. The van der Waals surface area contributed by atoms with Crippen molar-refractivity contribution in [2.24, 2.45) is 0 Å². The lowest BCUT2D eigenvalue weighted by Crippen LogP contribution is -2.37. The topological polar surface area (TPSA) is 0 Å². The molecule has 0 aliphatic rings. The first-order chi connectivity index (χ1) is 10.1. The summed E-state index contributed by atoms with van der Waals surface area (Å²) in [6.07, 6.45) is 0. The molecule has 0 aliphatic heterocycles. The quantitative estimate of drug-likeness (QED) is 0.0889. The molecular weight excluding hydrogens is 612 g/mol. The van der Waals surface area contributed by atoms with Gasteiger partial charge in [-0.25, -0.2) is 0 Å². The van der Waals surface area contributed by atoms with Crippen LogP contribution in [0.25, 0.3) is 0 Å². The molecule has 0 unspecified atom stereocenters. The zero-order chi connectivity index (χ0) is 15.8. The van der Waals surface area contributed by atoms with Crippen LogP contribution < -0.4 is 0 Å². The van der Waals surface area contributed by atoms with E-state index >= 15 is 0 Å². The monoisotopic (exact) mass is 644 g/mol. The van der Waals surface area contributed by atoms with Crippen LogP contribution in [-0.4, -0.2) is 152 Å². The van der Waals surface area contributed by atoms with Crippen molar-refractivity contribution in [3.05, 3.63) is 0 Å². The molecule has 0 amide bonds. The second-order valence-corrected chi connectivity index (χ2v) is 171. The second kappa shape index (κ2) is 19.5. The van der Waals surface area contributed by atoms with Crippen molar-refractivity contribution in [3.63, 3.8) is 0 Å². The summed E-state index contributed by atoms with van der Waals surface area (Å²) in [6, 6.07) is 0. The Labute approximate surface area is 183 Å². The molecule has 0 atom stereocenters. The maximum atomic E-state index is 6.05. The van der Waals surface area contributed by atoms with Gasteiger partial charge in [0.15, 0.2) is 0 Å². The minimum absolute atomic E-state index is 0.0503. The molecule has 128 valence electrons. The maximum Gasteiger partial charge on any atom is 0.314 e. The number of hydrogen-bond acceptors (Lipinski definition) is 0. The first-order valence-corrected chi connectivity index (χ1v) is 82.1. The van der Waals surface area contributed by atoms with Crippen LogP contribution >= 0.6 is 33.2 Å². The van der Waals surface area contributed by atoms with Crippen molar-refractivity contribution in [1.29, 1.82) is 0 Å². The van der Waals surface area contributed by atoms with Gasteiger partial charge in [-0.15, -0.1) is 33.2 Å². The van der Waals surface area contributed by atoms with Gasteiger partial charge in [-0.05, 0) is 138 Å². The Bertz CT molecular complexity index is 199. The molecule has 0 rings (SSSR count). The van der Waals surface area contributed by atoms with Crippen LogP contribution in [0.4, 0.5) is 0 Å². The Morgan fingerprint density at radius 2 is 0.762 bits per heavy atom. The van der Waals surface area contributed by atoms with Crippen LogP contribution in [0.15, 0.2) is 0 Å². The number of rotatable bonds is 16. The third kappa shape index (κ3) is 24.8. The van der Waals surface area contributed by atoms with Crippen molar-refractivity contribution in [3.8, 4) is 0 Å². The molecule has 0 aliphatic carbocycles. The van der Waals surface area contributed by atoms with E-state index in [4.69, 9.17) is 33.2 Å². The van der Waals surface area contributed by atoms with Gasteiger partial charge in [0.2, 0.25) is 0 Å². The van der Waals surface area contributed by atoms with Gasteiger partial charge in [-0.1, -0.05) is 0 Å². The van der Waals surface area contributed by atoms with Crippen molar-refractivity contribution in [1.82, 2.24) is 0 Å². The van der Waals surface area contributed by atoms with E-state index < -0.39 is 5.52 Å². The largest absolute Gasteiger partial charge is 0.314 e. The van der Waals surface area contributed by atoms with E-state index in [1.807, 2.05) is 0 Å².